The summed E-state index contributed by atoms with van der Waals surface area (Å²) in [6, 6.07) is 11.8. The molecular weight excluding hydrogens is 269 g/mol. The number of ether oxygens (including phenoxy) is 1. The fourth-order valence-electron chi connectivity index (χ4n) is 2.05. The molecule has 0 atom stereocenters. The molecular formula is C17H18FNO2. The van der Waals surface area contributed by atoms with Crippen molar-refractivity contribution >= 4 is 11.6 Å². The van der Waals surface area contributed by atoms with Crippen LogP contribution in [0.4, 0.5) is 10.1 Å². The molecule has 3 nitrogen and oxygen atoms in total. The number of carbonyl (C=O) groups excluding carboxylic acids is 1. The van der Waals surface area contributed by atoms with Crippen LogP contribution in [0.5, 0.6) is 5.75 Å². The topological polar surface area (TPSA) is 38.3 Å². The number of carbonyl (C=O) groups is 1. The molecule has 0 aliphatic rings. The molecule has 0 saturated carbocycles. The van der Waals surface area contributed by atoms with Gasteiger partial charge in [0.25, 0.3) is 5.91 Å². The van der Waals surface area contributed by atoms with Gasteiger partial charge < -0.3 is 10.1 Å². The third-order valence-electron chi connectivity index (χ3n) is 3.16. The van der Waals surface area contributed by atoms with Crippen LogP contribution in [0.25, 0.3) is 0 Å². The Bertz CT molecular complexity index is 623. The highest BCUT2D eigenvalue weighted by atomic mass is 19.1. The van der Waals surface area contributed by atoms with Crippen molar-refractivity contribution < 1.29 is 13.9 Å². The molecule has 4 heteroatoms. The number of aryl methyl sites for hydroxylation is 1. The lowest BCUT2D eigenvalue weighted by Gasteiger charge is -2.08. The van der Waals surface area contributed by atoms with Crippen molar-refractivity contribution in [1.29, 1.82) is 0 Å². The van der Waals surface area contributed by atoms with E-state index < -0.39 is 5.82 Å². The Morgan fingerprint density at radius 2 is 1.90 bits per heavy atom. The van der Waals surface area contributed by atoms with E-state index in [9.17, 15) is 9.18 Å². The standard InChI is InChI=1S/C17H18FNO2/c1-3-4-12-5-8-14(9-6-12)19-17(20)13-7-10-16(21-2)15(18)11-13/h5-11H,3-4H2,1-2H3,(H,19,20). The van der Waals surface area contributed by atoms with Gasteiger partial charge in [0.1, 0.15) is 0 Å². The van der Waals surface area contributed by atoms with E-state index >= 15 is 0 Å². The molecule has 0 unspecified atom stereocenters. The van der Waals surface area contributed by atoms with Crippen molar-refractivity contribution in [1.82, 2.24) is 0 Å². The van der Waals surface area contributed by atoms with E-state index in [1.54, 1.807) is 0 Å². The van der Waals surface area contributed by atoms with Gasteiger partial charge in [-0.05, 0) is 42.3 Å². The first-order valence-electron chi connectivity index (χ1n) is 6.88. The maximum absolute atomic E-state index is 13.6. The van der Waals surface area contributed by atoms with Gasteiger partial charge in [-0.25, -0.2) is 4.39 Å². The molecule has 0 spiro atoms. The van der Waals surface area contributed by atoms with Crippen LogP contribution in [0.2, 0.25) is 0 Å². The Morgan fingerprint density at radius 3 is 2.48 bits per heavy atom. The number of amides is 1. The fraction of sp³-hybridized carbons (Fsp3) is 0.235. The largest absolute Gasteiger partial charge is 0.494 e. The third-order valence-corrected chi connectivity index (χ3v) is 3.16. The quantitative estimate of drug-likeness (QED) is 0.901. The molecule has 0 saturated heterocycles. The minimum atomic E-state index is -0.552. The molecule has 0 aliphatic heterocycles. The van der Waals surface area contributed by atoms with Crippen LogP contribution in [0.15, 0.2) is 42.5 Å². The molecule has 0 bridgehead atoms. The van der Waals surface area contributed by atoms with E-state index in [0.29, 0.717) is 5.69 Å². The number of hydrogen-bond donors (Lipinski definition) is 1. The lowest BCUT2D eigenvalue weighted by Crippen LogP contribution is -2.12. The van der Waals surface area contributed by atoms with Crippen LogP contribution in [0.1, 0.15) is 29.3 Å². The first-order valence-corrected chi connectivity index (χ1v) is 6.88. The lowest BCUT2D eigenvalue weighted by molar-refractivity contribution is 0.102. The molecule has 1 N–H and O–H groups in total. The van der Waals surface area contributed by atoms with Gasteiger partial charge in [0, 0.05) is 11.3 Å². The molecule has 0 radical (unpaired) electrons. The van der Waals surface area contributed by atoms with Gasteiger partial charge in [-0.1, -0.05) is 25.5 Å². The first kappa shape index (κ1) is 15.0. The number of benzene rings is 2. The van der Waals surface area contributed by atoms with Crippen LogP contribution >= 0.6 is 0 Å². The number of hydrogen-bond acceptors (Lipinski definition) is 2. The summed E-state index contributed by atoms with van der Waals surface area (Å²) in [6.07, 6.45) is 2.09. The van der Waals surface area contributed by atoms with Gasteiger partial charge in [-0.3, -0.25) is 4.79 Å². The van der Waals surface area contributed by atoms with Crippen molar-refractivity contribution in [3.8, 4) is 5.75 Å². The summed E-state index contributed by atoms with van der Waals surface area (Å²) in [5.41, 5.74) is 2.17. The van der Waals surface area contributed by atoms with Crippen molar-refractivity contribution in [2.45, 2.75) is 19.8 Å². The highest BCUT2D eigenvalue weighted by molar-refractivity contribution is 6.04. The smallest absolute Gasteiger partial charge is 0.255 e. The van der Waals surface area contributed by atoms with Gasteiger partial charge in [0.05, 0.1) is 7.11 Å². The predicted octanol–water partition coefficient (Wildman–Crippen LogP) is 4.04. The van der Waals surface area contributed by atoms with Gasteiger partial charge in [-0.15, -0.1) is 0 Å². The Balaban J connectivity index is 2.08. The fourth-order valence-corrected chi connectivity index (χ4v) is 2.05. The SMILES string of the molecule is CCCc1ccc(NC(=O)c2ccc(OC)c(F)c2)cc1. The minimum absolute atomic E-state index is 0.121. The summed E-state index contributed by atoms with van der Waals surface area (Å²) in [6.45, 7) is 2.12. The second kappa shape index (κ2) is 6.88. The number of methoxy groups -OCH3 is 1. The van der Waals surface area contributed by atoms with E-state index in [1.807, 2.05) is 24.3 Å². The summed E-state index contributed by atoms with van der Waals surface area (Å²) in [5, 5.41) is 2.75. The van der Waals surface area contributed by atoms with Crippen molar-refractivity contribution in [2.24, 2.45) is 0 Å². The molecule has 0 fully saturated rings. The highest BCUT2D eigenvalue weighted by Crippen LogP contribution is 2.19. The number of anilines is 1. The van der Waals surface area contributed by atoms with E-state index in [-0.39, 0.29) is 17.2 Å². The Morgan fingerprint density at radius 1 is 1.19 bits per heavy atom. The van der Waals surface area contributed by atoms with Crippen LogP contribution in [0, 0.1) is 5.82 Å². The zero-order valence-corrected chi connectivity index (χ0v) is 12.2. The van der Waals surface area contributed by atoms with Crippen molar-refractivity contribution in [2.75, 3.05) is 12.4 Å². The average Bonchev–Trinajstić information content (AvgIpc) is 2.49. The maximum atomic E-state index is 13.6. The summed E-state index contributed by atoms with van der Waals surface area (Å²) in [5.74, 6) is -0.779. The molecule has 2 rings (SSSR count). The van der Waals surface area contributed by atoms with Gasteiger partial charge in [-0.2, -0.15) is 0 Å². The minimum Gasteiger partial charge on any atom is -0.494 e. The van der Waals surface area contributed by atoms with Crippen LogP contribution in [-0.2, 0) is 6.42 Å². The molecule has 2 aromatic carbocycles. The van der Waals surface area contributed by atoms with Gasteiger partial charge >= 0.3 is 0 Å². The molecule has 110 valence electrons. The van der Waals surface area contributed by atoms with Crippen molar-refractivity contribution in [3.05, 3.63) is 59.4 Å². The van der Waals surface area contributed by atoms with Crippen LogP contribution in [-0.4, -0.2) is 13.0 Å². The molecule has 2 aromatic rings. The number of nitrogens with one attached hydrogen (secondary N) is 1. The van der Waals surface area contributed by atoms with E-state index in [2.05, 4.69) is 12.2 Å². The summed E-state index contributed by atoms with van der Waals surface area (Å²) >= 11 is 0. The third kappa shape index (κ3) is 3.81. The first-order chi connectivity index (χ1) is 10.1. The summed E-state index contributed by atoms with van der Waals surface area (Å²) in [4.78, 5) is 12.1. The zero-order chi connectivity index (χ0) is 15.2. The second-order valence-electron chi connectivity index (χ2n) is 4.75. The van der Waals surface area contributed by atoms with Gasteiger partial charge in [0.2, 0.25) is 0 Å². The van der Waals surface area contributed by atoms with Crippen LogP contribution < -0.4 is 10.1 Å². The molecule has 0 aromatic heterocycles. The zero-order valence-electron chi connectivity index (χ0n) is 12.2. The Kier molecular flexibility index (Phi) is 4.93. The van der Waals surface area contributed by atoms with E-state index in [4.69, 9.17) is 4.74 Å². The highest BCUT2D eigenvalue weighted by Gasteiger charge is 2.10. The lowest BCUT2D eigenvalue weighted by atomic mass is 10.1. The normalized spacial score (nSPS) is 10.2. The Labute approximate surface area is 123 Å². The summed E-state index contributed by atoms with van der Waals surface area (Å²) in [7, 11) is 1.38. The monoisotopic (exact) mass is 287 g/mol. The molecule has 21 heavy (non-hydrogen) atoms. The van der Waals surface area contributed by atoms with Crippen LogP contribution in [0.3, 0.4) is 0 Å². The average molecular weight is 287 g/mol. The summed E-state index contributed by atoms with van der Waals surface area (Å²) < 4.78 is 18.4. The molecule has 1 amide bonds. The predicted molar refractivity (Wildman–Crippen MR) is 81.3 cm³/mol. The van der Waals surface area contributed by atoms with E-state index in [0.717, 1.165) is 12.8 Å². The maximum Gasteiger partial charge on any atom is 0.255 e. The van der Waals surface area contributed by atoms with Crippen molar-refractivity contribution in [3.63, 3.8) is 0 Å². The number of halogens is 1. The molecule has 0 aliphatic carbocycles. The van der Waals surface area contributed by atoms with E-state index in [1.165, 1.54) is 30.9 Å². The molecule has 0 heterocycles. The van der Waals surface area contributed by atoms with Gasteiger partial charge in [0.15, 0.2) is 11.6 Å². The Hall–Kier alpha value is -2.36. The second-order valence-corrected chi connectivity index (χ2v) is 4.75. The number of rotatable bonds is 5.